The van der Waals surface area contributed by atoms with E-state index < -0.39 is 5.91 Å². The highest BCUT2D eigenvalue weighted by Crippen LogP contribution is 2.23. The summed E-state index contributed by atoms with van der Waals surface area (Å²) in [5, 5.41) is 12.0. The van der Waals surface area contributed by atoms with E-state index in [2.05, 4.69) is 24.1 Å². The topological polar surface area (TPSA) is 114 Å². The molecule has 0 aromatic carbocycles. The fraction of sp³-hybridized carbons (Fsp3) is 0.538. The Kier molecular flexibility index (Phi) is 5.11. The first kappa shape index (κ1) is 15.2. The molecular weight excluding hydrogens is 244 g/mol. The normalized spacial score (nSPS) is 11.3. The molecule has 0 aliphatic rings. The second-order valence-electron chi connectivity index (χ2n) is 5.37. The van der Waals surface area contributed by atoms with Crippen molar-refractivity contribution < 1.29 is 9.90 Å². The number of anilines is 2. The summed E-state index contributed by atoms with van der Waals surface area (Å²) in [6.07, 6.45) is 3.10. The summed E-state index contributed by atoms with van der Waals surface area (Å²) in [6, 6.07) is 1.51. The van der Waals surface area contributed by atoms with Gasteiger partial charge in [-0.2, -0.15) is 0 Å². The zero-order chi connectivity index (χ0) is 14.5. The van der Waals surface area contributed by atoms with Crippen molar-refractivity contribution in [3.63, 3.8) is 0 Å². The van der Waals surface area contributed by atoms with Crippen LogP contribution in [0.25, 0.3) is 0 Å². The number of pyridine rings is 1. The van der Waals surface area contributed by atoms with Crippen molar-refractivity contribution in [1.29, 1.82) is 0 Å². The van der Waals surface area contributed by atoms with Crippen LogP contribution < -0.4 is 16.8 Å². The summed E-state index contributed by atoms with van der Waals surface area (Å²) in [4.78, 5) is 15.4. The van der Waals surface area contributed by atoms with E-state index in [1.165, 1.54) is 12.3 Å². The lowest BCUT2D eigenvalue weighted by molar-refractivity contribution is 0.100. The molecule has 1 aromatic rings. The van der Waals surface area contributed by atoms with Crippen molar-refractivity contribution in [2.75, 3.05) is 24.2 Å². The van der Waals surface area contributed by atoms with Crippen LogP contribution >= 0.6 is 0 Å². The van der Waals surface area contributed by atoms with Crippen LogP contribution in [-0.4, -0.2) is 29.1 Å². The minimum atomic E-state index is -0.560. The molecule has 0 spiro atoms. The van der Waals surface area contributed by atoms with E-state index in [9.17, 15) is 4.79 Å². The van der Waals surface area contributed by atoms with Gasteiger partial charge in [-0.1, -0.05) is 13.8 Å². The third-order valence-corrected chi connectivity index (χ3v) is 2.92. The average molecular weight is 266 g/mol. The van der Waals surface area contributed by atoms with E-state index in [4.69, 9.17) is 16.6 Å². The van der Waals surface area contributed by atoms with E-state index in [1.54, 1.807) is 0 Å². The summed E-state index contributed by atoms with van der Waals surface area (Å²) < 4.78 is 0. The summed E-state index contributed by atoms with van der Waals surface area (Å²) in [6.45, 7) is 4.97. The molecule has 0 aliphatic carbocycles. The number of hydrogen-bond donors (Lipinski definition) is 4. The van der Waals surface area contributed by atoms with E-state index in [0.717, 1.165) is 12.8 Å². The highest BCUT2D eigenvalue weighted by atomic mass is 16.2. The van der Waals surface area contributed by atoms with E-state index >= 15 is 0 Å². The molecule has 1 heterocycles. The fourth-order valence-electron chi connectivity index (χ4n) is 1.78. The van der Waals surface area contributed by atoms with Crippen molar-refractivity contribution in [2.45, 2.75) is 26.7 Å². The van der Waals surface area contributed by atoms with Gasteiger partial charge in [0.1, 0.15) is 5.82 Å². The zero-order valence-electron chi connectivity index (χ0n) is 11.4. The van der Waals surface area contributed by atoms with E-state index in [1.807, 2.05) is 0 Å². The molecule has 0 aliphatic heterocycles. The molecule has 1 rings (SSSR count). The number of carbonyl (C=O) groups excluding carboxylic acids is 1. The number of primary amides is 1. The van der Waals surface area contributed by atoms with Gasteiger partial charge < -0.3 is 21.9 Å². The number of aromatic nitrogens is 1. The van der Waals surface area contributed by atoms with Gasteiger partial charge >= 0.3 is 0 Å². The molecule has 106 valence electrons. The maximum atomic E-state index is 11.3. The first-order chi connectivity index (χ1) is 8.85. The monoisotopic (exact) mass is 266 g/mol. The van der Waals surface area contributed by atoms with Gasteiger partial charge in [-0.05, 0) is 24.3 Å². The number of aliphatic hydroxyl groups excluding tert-OH is 1. The summed E-state index contributed by atoms with van der Waals surface area (Å²) in [5.74, 6) is -0.116. The Balaban J connectivity index is 2.75. The van der Waals surface area contributed by atoms with Gasteiger partial charge in [0.2, 0.25) is 0 Å². The highest BCUT2D eigenvalue weighted by molar-refractivity contribution is 5.98. The summed E-state index contributed by atoms with van der Waals surface area (Å²) in [7, 11) is 0. The first-order valence-corrected chi connectivity index (χ1v) is 6.26. The third-order valence-electron chi connectivity index (χ3n) is 2.92. The maximum absolute atomic E-state index is 11.3. The van der Waals surface area contributed by atoms with Crippen LogP contribution in [-0.2, 0) is 0 Å². The van der Waals surface area contributed by atoms with Crippen molar-refractivity contribution in [2.24, 2.45) is 11.1 Å². The molecule has 1 amide bonds. The van der Waals surface area contributed by atoms with Crippen LogP contribution in [0.1, 0.15) is 37.0 Å². The third kappa shape index (κ3) is 4.75. The maximum Gasteiger partial charge on any atom is 0.252 e. The first-order valence-electron chi connectivity index (χ1n) is 6.26. The lowest BCUT2D eigenvalue weighted by Crippen LogP contribution is -2.25. The molecule has 6 heteroatoms. The number of nitrogen functional groups attached to an aromatic ring is 1. The second-order valence-corrected chi connectivity index (χ2v) is 5.37. The molecule has 0 atom stereocenters. The number of nitrogens with one attached hydrogen (secondary N) is 1. The molecule has 0 radical (unpaired) electrons. The molecule has 1 aromatic heterocycles. The fourth-order valence-corrected chi connectivity index (χ4v) is 1.78. The largest absolute Gasteiger partial charge is 0.397 e. The highest BCUT2D eigenvalue weighted by Gasteiger charge is 2.19. The molecular formula is C13H22N4O2. The standard InChI is InChI=1S/C13H22N4O2/c1-13(2,4-3-5-18)8-17-12-10(11(15)19)6-9(14)7-16-12/h6-7,18H,3-5,8,14H2,1-2H3,(H2,15,19)(H,16,17). The molecule has 0 bridgehead atoms. The molecule has 6 nitrogen and oxygen atoms in total. The summed E-state index contributed by atoms with van der Waals surface area (Å²) in [5.41, 5.74) is 11.6. The Morgan fingerprint density at radius 1 is 1.53 bits per heavy atom. The van der Waals surface area contributed by atoms with Crippen molar-refractivity contribution in [3.8, 4) is 0 Å². The zero-order valence-corrected chi connectivity index (χ0v) is 11.4. The smallest absolute Gasteiger partial charge is 0.252 e. The Morgan fingerprint density at radius 3 is 2.79 bits per heavy atom. The lowest BCUT2D eigenvalue weighted by atomic mass is 9.88. The predicted octanol–water partition coefficient (Wildman–Crippen LogP) is 0.973. The molecule has 19 heavy (non-hydrogen) atoms. The van der Waals surface area contributed by atoms with Gasteiger partial charge in [0.15, 0.2) is 0 Å². The number of rotatable bonds is 7. The summed E-state index contributed by atoms with van der Waals surface area (Å²) >= 11 is 0. The van der Waals surface area contributed by atoms with Crippen LogP contribution in [0.5, 0.6) is 0 Å². The molecule has 0 saturated heterocycles. The number of carbonyl (C=O) groups is 1. The van der Waals surface area contributed by atoms with Gasteiger partial charge in [0, 0.05) is 13.2 Å². The van der Waals surface area contributed by atoms with Crippen molar-refractivity contribution in [3.05, 3.63) is 17.8 Å². The van der Waals surface area contributed by atoms with Crippen molar-refractivity contribution >= 4 is 17.4 Å². The van der Waals surface area contributed by atoms with Gasteiger partial charge in [0.05, 0.1) is 17.4 Å². The number of nitrogens with zero attached hydrogens (tertiary/aromatic N) is 1. The van der Waals surface area contributed by atoms with E-state index in [-0.39, 0.29) is 17.6 Å². The van der Waals surface area contributed by atoms with Crippen LogP contribution in [0.3, 0.4) is 0 Å². The predicted molar refractivity (Wildman–Crippen MR) is 75.8 cm³/mol. The average Bonchev–Trinajstić information content (AvgIpc) is 2.35. The van der Waals surface area contributed by atoms with Gasteiger partial charge in [-0.25, -0.2) is 4.98 Å². The Morgan fingerprint density at radius 2 is 2.21 bits per heavy atom. The minimum Gasteiger partial charge on any atom is -0.397 e. The number of amides is 1. The van der Waals surface area contributed by atoms with Gasteiger partial charge in [-0.15, -0.1) is 0 Å². The molecule has 6 N–H and O–H groups in total. The lowest BCUT2D eigenvalue weighted by Gasteiger charge is -2.25. The van der Waals surface area contributed by atoms with Crippen LogP contribution in [0, 0.1) is 5.41 Å². The quantitative estimate of drug-likeness (QED) is 0.587. The molecule has 0 fully saturated rings. The molecule has 0 saturated carbocycles. The minimum absolute atomic E-state index is 0.0132. The Hall–Kier alpha value is -1.82. The second kappa shape index (κ2) is 6.38. The number of hydrogen-bond acceptors (Lipinski definition) is 5. The van der Waals surface area contributed by atoms with Crippen LogP contribution in [0.2, 0.25) is 0 Å². The molecule has 0 unspecified atom stereocenters. The van der Waals surface area contributed by atoms with Crippen LogP contribution in [0.15, 0.2) is 12.3 Å². The van der Waals surface area contributed by atoms with Crippen molar-refractivity contribution in [1.82, 2.24) is 4.98 Å². The Labute approximate surface area is 113 Å². The number of nitrogens with two attached hydrogens (primary N) is 2. The number of aliphatic hydroxyl groups is 1. The van der Waals surface area contributed by atoms with Gasteiger partial charge in [-0.3, -0.25) is 4.79 Å². The van der Waals surface area contributed by atoms with Crippen LogP contribution in [0.4, 0.5) is 11.5 Å². The Bertz CT molecular complexity index is 446. The SMILES string of the molecule is CC(C)(CCCO)CNc1ncc(N)cc1C(N)=O. The van der Waals surface area contributed by atoms with E-state index in [0.29, 0.717) is 18.1 Å². The van der Waals surface area contributed by atoms with Gasteiger partial charge in [0.25, 0.3) is 5.91 Å².